The standard InChI is InChI=1S/C9H18N2O3.C2H5NO.C2H6/c1-4-7(11(2)3)9(14)10-6-5-8(12)13;1-2(3)4;1-2/h7H,4-6H2,1-3H3,(H,10,14)(H,12,13);1H3,(H2,3,4);1-2H3/i1+1,6+1;3+1;1+1,2+1. The van der Waals surface area contributed by atoms with Crippen molar-refractivity contribution in [2.45, 2.75) is 46.6 Å². The maximum absolute atomic E-state index is 11.5. The van der Waals surface area contributed by atoms with Crippen LogP contribution in [0, 0.1) is 0 Å². The second-order valence-corrected chi connectivity index (χ2v) is 3.93. The van der Waals surface area contributed by atoms with Gasteiger partial charge in [0.15, 0.2) is 0 Å². The van der Waals surface area contributed by atoms with Crippen molar-refractivity contribution < 1.29 is 19.5 Å². The second-order valence-electron chi connectivity index (χ2n) is 3.93. The maximum atomic E-state index is 11.5. The minimum Gasteiger partial charge on any atom is -0.481 e. The second kappa shape index (κ2) is 15.4. The van der Waals surface area contributed by atoms with Crippen molar-refractivity contribution in [3.63, 3.8) is 0 Å². The number of aliphatic carboxylic acids is 1. The average molecular weight is 296 g/mol. The first kappa shape index (κ1) is 23.5. The summed E-state index contributed by atoms with van der Waals surface area (Å²) in [4.78, 5) is 32.7. The number of carbonyl (C=O) groups is 3. The van der Waals surface area contributed by atoms with Crippen LogP contribution in [0.5, 0.6) is 0 Å². The summed E-state index contributed by atoms with van der Waals surface area (Å²) in [5.74, 6) is -1.35. The lowest BCUT2D eigenvalue weighted by atomic mass is 10.2. The zero-order valence-electron chi connectivity index (χ0n) is 13.4. The minimum atomic E-state index is -0.900. The van der Waals surface area contributed by atoms with Gasteiger partial charge >= 0.3 is 5.97 Å². The molecule has 7 nitrogen and oxygen atoms in total. The Hall–Kier alpha value is -1.63. The fourth-order valence-corrected chi connectivity index (χ4v) is 1.20. The van der Waals surface area contributed by atoms with Gasteiger partial charge < -0.3 is 16.2 Å². The van der Waals surface area contributed by atoms with E-state index in [9.17, 15) is 14.4 Å². The Balaban J connectivity index is -0.000000410. The third-order valence-corrected chi connectivity index (χ3v) is 1.95. The third-order valence-electron chi connectivity index (χ3n) is 1.95. The van der Waals surface area contributed by atoms with Crippen LogP contribution in [0.3, 0.4) is 0 Å². The van der Waals surface area contributed by atoms with Crippen molar-refractivity contribution in [2.24, 2.45) is 5.73 Å². The predicted octanol–water partition coefficient (Wildman–Crippen LogP) is 0.435. The number of amides is 2. The summed E-state index contributed by atoms with van der Waals surface area (Å²) in [5, 5.41) is 11.0. The molecular weight excluding hydrogens is 267 g/mol. The SMILES string of the molecule is CC([15NH2])=O.CN(C)C(C[13CH3])C(=O)N[13CH2]CC(=O)O.[13CH3][13CH3]. The number of likely N-dealkylation sites (N-methyl/N-ethyl adjacent to an activating group) is 1. The molecule has 1 unspecified atom stereocenters. The molecule has 0 aliphatic heterocycles. The van der Waals surface area contributed by atoms with Crippen molar-refractivity contribution in [3.05, 3.63) is 0 Å². The number of hydrogen-bond donors (Lipinski definition) is 3. The molecule has 0 aromatic rings. The van der Waals surface area contributed by atoms with E-state index < -0.39 is 5.97 Å². The van der Waals surface area contributed by atoms with Gasteiger partial charge in [0.1, 0.15) is 0 Å². The van der Waals surface area contributed by atoms with Crippen LogP contribution in [0.15, 0.2) is 0 Å². The van der Waals surface area contributed by atoms with E-state index in [1.165, 1.54) is 6.92 Å². The molecule has 0 bridgehead atoms. The van der Waals surface area contributed by atoms with E-state index in [1.54, 1.807) is 0 Å². The Labute approximate surface area is 121 Å². The molecular formula is C13H29N3O4. The molecule has 0 radical (unpaired) electrons. The van der Waals surface area contributed by atoms with Crippen LogP contribution in [0.2, 0.25) is 0 Å². The van der Waals surface area contributed by atoms with E-state index in [2.05, 4.69) is 11.1 Å². The minimum absolute atomic E-state index is 0.0321. The van der Waals surface area contributed by atoms with Gasteiger partial charge in [0, 0.05) is 13.5 Å². The number of nitrogens with two attached hydrogens (primary N) is 1. The molecule has 0 fully saturated rings. The number of carbonyl (C=O) groups excluding carboxylic acids is 2. The van der Waals surface area contributed by atoms with Crippen LogP contribution in [0.1, 0.15) is 40.5 Å². The summed E-state index contributed by atoms with van der Waals surface area (Å²) < 4.78 is 0. The van der Waals surface area contributed by atoms with Crippen LogP contribution in [0.25, 0.3) is 0 Å². The van der Waals surface area contributed by atoms with Crippen LogP contribution >= 0.6 is 0 Å². The van der Waals surface area contributed by atoms with Crippen molar-refractivity contribution in [1.29, 1.82) is 0 Å². The first-order valence-corrected chi connectivity index (χ1v) is 6.64. The first-order chi connectivity index (χ1) is 9.22. The fraction of sp³-hybridized carbons (Fsp3) is 0.769. The van der Waals surface area contributed by atoms with Gasteiger partial charge in [0.2, 0.25) is 11.8 Å². The highest BCUT2D eigenvalue weighted by Crippen LogP contribution is 1.98. The molecule has 1 atom stereocenters. The highest BCUT2D eigenvalue weighted by Gasteiger charge is 2.17. The fourth-order valence-electron chi connectivity index (χ4n) is 1.20. The van der Waals surface area contributed by atoms with Gasteiger partial charge in [-0.1, -0.05) is 20.8 Å². The lowest BCUT2D eigenvalue weighted by Crippen LogP contribution is -2.43. The normalized spacial score (nSPS) is 10.3. The van der Waals surface area contributed by atoms with E-state index in [4.69, 9.17) is 5.11 Å². The number of nitrogens with zero attached hydrogens (tertiary/aromatic N) is 1. The Bertz CT molecular complexity index is 277. The third kappa shape index (κ3) is 18.7. The van der Waals surface area contributed by atoms with E-state index in [-0.39, 0.29) is 30.8 Å². The summed E-state index contributed by atoms with van der Waals surface area (Å²) in [7, 11) is 3.65. The Morgan fingerprint density at radius 3 is 1.90 bits per heavy atom. The molecule has 0 saturated carbocycles. The van der Waals surface area contributed by atoms with E-state index in [0.29, 0.717) is 6.42 Å². The van der Waals surface area contributed by atoms with Gasteiger partial charge in [-0.3, -0.25) is 19.3 Å². The zero-order valence-corrected chi connectivity index (χ0v) is 13.4. The topological polar surface area (TPSA) is 113 Å². The van der Waals surface area contributed by atoms with Crippen LogP contribution in [-0.2, 0) is 14.4 Å². The molecule has 0 rings (SSSR count). The molecule has 0 aromatic carbocycles. The van der Waals surface area contributed by atoms with Gasteiger partial charge in [0.25, 0.3) is 0 Å². The first-order valence-electron chi connectivity index (χ1n) is 6.64. The lowest BCUT2D eigenvalue weighted by molar-refractivity contribution is -0.137. The average Bonchev–Trinajstić information content (AvgIpc) is 2.30. The number of carboxylic acids is 1. The number of nitrogens with one attached hydrogen (secondary N) is 1. The number of hydrogen-bond acceptors (Lipinski definition) is 4. The highest BCUT2D eigenvalue weighted by atomic mass is 16.4. The highest BCUT2D eigenvalue weighted by molar-refractivity contribution is 5.82. The molecule has 0 heterocycles. The molecule has 7 heteroatoms. The van der Waals surface area contributed by atoms with Crippen molar-refractivity contribution >= 4 is 17.8 Å². The Morgan fingerprint density at radius 1 is 1.25 bits per heavy atom. The van der Waals surface area contributed by atoms with E-state index >= 15 is 0 Å². The Morgan fingerprint density at radius 2 is 1.65 bits per heavy atom. The van der Waals surface area contributed by atoms with Crippen molar-refractivity contribution in [1.82, 2.24) is 10.2 Å². The van der Waals surface area contributed by atoms with Gasteiger partial charge in [-0.2, -0.15) is 0 Å². The number of rotatable bonds is 6. The predicted molar refractivity (Wildman–Crippen MR) is 79.2 cm³/mol. The molecule has 2 amide bonds. The number of carboxylic acid groups (broad SMARTS) is 1. The molecule has 0 spiro atoms. The van der Waals surface area contributed by atoms with E-state index in [0.717, 1.165) is 0 Å². The number of primary amides is 1. The smallest absolute Gasteiger partial charge is 0.305 e. The molecule has 120 valence electrons. The molecule has 20 heavy (non-hydrogen) atoms. The zero-order chi connectivity index (χ0) is 16.7. The van der Waals surface area contributed by atoms with Gasteiger partial charge in [-0.15, -0.1) is 0 Å². The lowest BCUT2D eigenvalue weighted by Gasteiger charge is -2.21. The van der Waals surface area contributed by atoms with Crippen LogP contribution in [0.4, 0.5) is 0 Å². The summed E-state index contributed by atoms with van der Waals surface area (Å²) in [6.07, 6.45) is 0.682. The van der Waals surface area contributed by atoms with Gasteiger partial charge in [-0.05, 0) is 20.5 Å². The molecule has 0 saturated heterocycles. The van der Waals surface area contributed by atoms with Crippen LogP contribution in [-0.4, -0.2) is 54.5 Å². The molecule has 0 aliphatic rings. The van der Waals surface area contributed by atoms with Gasteiger partial charge in [0.05, 0.1) is 12.5 Å². The quantitative estimate of drug-likeness (QED) is 0.486. The maximum Gasteiger partial charge on any atom is 0.305 e. The largest absolute Gasteiger partial charge is 0.481 e. The van der Waals surface area contributed by atoms with Crippen LogP contribution < -0.4 is 11.1 Å². The Kier molecular flexibility index (Phi) is 18.1. The summed E-state index contributed by atoms with van der Waals surface area (Å²) in [6.45, 7) is 7.42. The van der Waals surface area contributed by atoms with Crippen molar-refractivity contribution in [3.8, 4) is 0 Å². The van der Waals surface area contributed by atoms with Gasteiger partial charge in [-0.25, -0.2) is 0 Å². The monoisotopic (exact) mass is 296 g/mol. The summed E-state index contributed by atoms with van der Waals surface area (Å²) in [6, 6.07) is -0.177. The molecule has 4 N–H and O–H groups in total. The van der Waals surface area contributed by atoms with E-state index in [1.807, 2.05) is 39.8 Å². The molecule has 0 aliphatic carbocycles. The molecule has 0 aromatic heterocycles. The van der Waals surface area contributed by atoms with Crippen molar-refractivity contribution in [2.75, 3.05) is 20.6 Å². The summed E-state index contributed by atoms with van der Waals surface area (Å²) in [5.41, 5.74) is 4.47. The summed E-state index contributed by atoms with van der Waals surface area (Å²) >= 11 is 0.